The zero-order valence-electron chi connectivity index (χ0n) is 24.9. The van der Waals surface area contributed by atoms with E-state index in [1.807, 2.05) is 30.3 Å². The van der Waals surface area contributed by atoms with Crippen LogP contribution in [-0.4, -0.2) is 36.3 Å². The fourth-order valence-corrected chi connectivity index (χ4v) is 6.31. The summed E-state index contributed by atoms with van der Waals surface area (Å²) in [4.78, 5) is 32.0. The molecular formula is C35H42FN3O2. The van der Waals surface area contributed by atoms with Crippen LogP contribution in [0.4, 0.5) is 15.8 Å². The van der Waals surface area contributed by atoms with E-state index in [0.29, 0.717) is 30.9 Å². The largest absolute Gasteiger partial charge is 0.371 e. The zero-order valence-corrected chi connectivity index (χ0v) is 24.9. The molecule has 2 amide bonds. The Kier molecular flexibility index (Phi) is 8.21. The first-order chi connectivity index (χ1) is 19.5. The lowest BCUT2D eigenvalue weighted by Gasteiger charge is -2.41. The van der Waals surface area contributed by atoms with Crippen molar-refractivity contribution in [3.8, 4) is 0 Å². The minimum atomic E-state index is -0.530. The smallest absolute Gasteiger partial charge is 0.257 e. The average Bonchev–Trinajstić information content (AvgIpc) is 3.38. The maximum absolute atomic E-state index is 15.0. The number of carbonyl (C=O) groups excluding carboxylic acids is 2. The molecule has 0 bridgehead atoms. The van der Waals surface area contributed by atoms with Crippen LogP contribution in [0.1, 0.15) is 80.0 Å². The lowest BCUT2D eigenvalue weighted by molar-refractivity contribution is -0.123. The molecule has 0 aromatic heterocycles. The Morgan fingerprint density at radius 1 is 0.951 bits per heavy atom. The molecule has 3 atom stereocenters. The quantitative estimate of drug-likeness (QED) is 0.354. The molecule has 0 aliphatic carbocycles. The summed E-state index contributed by atoms with van der Waals surface area (Å²) in [6, 6.07) is 20.4. The van der Waals surface area contributed by atoms with Crippen LogP contribution in [0.3, 0.4) is 0 Å². The van der Waals surface area contributed by atoms with Gasteiger partial charge in [0, 0.05) is 31.0 Å². The number of likely N-dealkylation sites (tertiary alicyclic amines) is 1. The fraction of sp³-hybridized carbons (Fsp3) is 0.429. The molecule has 2 saturated heterocycles. The molecule has 5 nitrogen and oxygen atoms in total. The van der Waals surface area contributed by atoms with Gasteiger partial charge in [-0.15, -0.1) is 0 Å². The lowest BCUT2D eigenvalue weighted by Crippen LogP contribution is -2.46. The van der Waals surface area contributed by atoms with Crippen molar-refractivity contribution < 1.29 is 14.0 Å². The van der Waals surface area contributed by atoms with Gasteiger partial charge in [-0.25, -0.2) is 4.39 Å². The van der Waals surface area contributed by atoms with Crippen LogP contribution in [-0.2, 0) is 10.2 Å². The van der Waals surface area contributed by atoms with E-state index in [-0.39, 0.29) is 22.8 Å². The van der Waals surface area contributed by atoms with Gasteiger partial charge in [0.15, 0.2) is 0 Å². The normalized spacial score (nSPS) is 21.2. The van der Waals surface area contributed by atoms with Crippen LogP contribution >= 0.6 is 0 Å². The van der Waals surface area contributed by atoms with Gasteiger partial charge in [0.2, 0.25) is 5.91 Å². The molecule has 5 rings (SSSR count). The van der Waals surface area contributed by atoms with Gasteiger partial charge in [-0.2, -0.15) is 0 Å². The highest BCUT2D eigenvalue weighted by atomic mass is 19.1. The van der Waals surface area contributed by atoms with Crippen LogP contribution in [0.5, 0.6) is 0 Å². The van der Waals surface area contributed by atoms with Crippen molar-refractivity contribution in [2.24, 2.45) is 11.8 Å². The van der Waals surface area contributed by atoms with Crippen molar-refractivity contribution in [1.29, 1.82) is 0 Å². The second-order valence-electron chi connectivity index (χ2n) is 12.9. The Bertz CT molecular complexity index is 1390. The summed E-state index contributed by atoms with van der Waals surface area (Å²) < 4.78 is 15.0. The van der Waals surface area contributed by atoms with E-state index in [0.717, 1.165) is 35.6 Å². The van der Waals surface area contributed by atoms with E-state index in [1.165, 1.54) is 12.5 Å². The van der Waals surface area contributed by atoms with E-state index < -0.39 is 17.8 Å². The number of piperidine rings is 1. The molecule has 41 heavy (non-hydrogen) atoms. The number of halogens is 1. The summed E-state index contributed by atoms with van der Waals surface area (Å²) in [5, 5.41) is 3.15. The van der Waals surface area contributed by atoms with E-state index in [2.05, 4.69) is 56.1 Å². The monoisotopic (exact) mass is 555 g/mol. The standard InChI is InChI=1S/C35H42FN3O2/c1-23-18-20-38(22-23)28-16-14-25(15-17-28)32-29(33(40)37-27-11-7-10-26(21-27)35(3,4)5)12-8-19-39(32)34(41)31-24(2)9-6-13-30(31)36/h6-7,9-11,13-17,21,23,29,32H,8,12,18-20,22H2,1-5H3,(H,37,40)/t23?,29-,32-/m0/s1. The van der Waals surface area contributed by atoms with Crippen molar-refractivity contribution in [2.75, 3.05) is 29.9 Å². The maximum atomic E-state index is 15.0. The first-order valence-corrected chi connectivity index (χ1v) is 14.9. The van der Waals surface area contributed by atoms with Gasteiger partial charge in [-0.3, -0.25) is 9.59 Å². The highest BCUT2D eigenvalue weighted by Crippen LogP contribution is 2.39. The maximum Gasteiger partial charge on any atom is 0.257 e. The van der Waals surface area contributed by atoms with Gasteiger partial charge < -0.3 is 15.1 Å². The summed E-state index contributed by atoms with van der Waals surface area (Å²) in [6.07, 6.45) is 2.48. The first-order valence-electron chi connectivity index (χ1n) is 14.9. The van der Waals surface area contributed by atoms with E-state index in [4.69, 9.17) is 0 Å². The number of amides is 2. The molecule has 2 fully saturated rings. The second-order valence-corrected chi connectivity index (χ2v) is 12.9. The predicted octanol–water partition coefficient (Wildman–Crippen LogP) is 7.51. The van der Waals surface area contributed by atoms with Gasteiger partial charge in [0.1, 0.15) is 5.82 Å². The van der Waals surface area contributed by atoms with Gasteiger partial charge in [0.05, 0.1) is 17.5 Å². The number of rotatable bonds is 5. The van der Waals surface area contributed by atoms with Crippen molar-refractivity contribution in [1.82, 2.24) is 4.90 Å². The second kappa shape index (κ2) is 11.7. The SMILES string of the molecule is Cc1cccc(F)c1C(=O)N1CCC[C@H](C(=O)Nc2cccc(C(C)(C)C)c2)[C@@H]1c1ccc(N2CCC(C)C2)cc1. The van der Waals surface area contributed by atoms with Gasteiger partial charge in [-0.1, -0.05) is 64.1 Å². The Morgan fingerprint density at radius 2 is 1.68 bits per heavy atom. The molecule has 2 aliphatic heterocycles. The molecule has 1 N–H and O–H groups in total. The third-order valence-electron chi connectivity index (χ3n) is 8.68. The van der Waals surface area contributed by atoms with Crippen LogP contribution in [0.15, 0.2) is 66.7 Å². The number of hydrogen-bond acceptors (Lipinski definition) is 3. The van der Waals surface area contributed by atoms with Crippen molar-refractivity contribution in [3.63, 3.8) is 0 Å². The molecule has 3 aromatic carbocycles. The molecule has 0 saturated carbocycles. The summed E-state index contributed by atoms with van der Waals surface area (Å²) in [5.41, 5.74) is 4.55. The average molecular weight is 556 g/mol. The van der Waals surface area contributed by atoms with Crippen LogP contribution in [0.2, 0.25) is 0 Å². The van der Waals surface area contributed by atoms with Gasteiger partial charge >= 0.3 is 0 Å². The summed E-state index contributed by atoms with van der Waals surface area (Å²) in [7, 11) is 0. The number of anilines is 2. The molecule has 6 heteroatoms. The number of hydrogen-bond donors (Lipinski definition) is 1. The van der Waals surface area contributed by atoms with E-state index >= 15 is 0 Å². The Balaban J connectivity index is 1.49. The summed E-state index contributed by atoms with van der Waals surface area (Å²) in [5.74, 6) is -0.833. The van der Waals surface area contributed by atoms with Gasteiger partial charge in [0.25, 0.3) is 5.91 Å². The van der Waals surface area contributed by atoms with E-state index in [1.54, 1.807) is 24.0 Å². The number of nitrogens with zero attached hydrogens (tertiary/aromatic N) is 2. The molecule has 1 unspecified atom stereocenters. The molecule has 3 aromatic rings. The third-order valence-corrected chi connectivity index (χ3v) is 8.68. The number of carbonyl (C=O) groups is 2. The van der Waals surface area contributed by atoms with Crippen molar-refractivity contribution in [3.05, 3.63) is 94.8 Å². The Morgan fingerprint density at radius 3 is 2.34 bits per heavy atom. The first kappa shape index (κ1) is 28.8. The topological polar surface area (TPSA) is 52.7 Å². The molecule has 2 heterocycles. The fourth-order valence-electron chi connectivity index (χ4n) is 6.31. The highest BCUT2D eigenvalue weighted by Gasteiger charge is 2.40. The van der Waals surface area contributed by atoms with E-state index in [9.17, 15) is 14.0 Å². The summed E-state index contributed by atoms with van der Waals surface area (Å²) >= 11 is 0. The third kappa shape index (κ3) is 6.17. The minimum absolute atomic E-state index is 0.0518. The van der Waals surface area contributed by atoms with Crippen LogP contribution in [0, 0.1) is 24.6 Å². The molecule has 0 spiro atoms. The molecular weight excluding hydrogens is 513 g/mol. The summed E-state index contributed by atoms with van der Waals surface area (Å²) in [6.45, 7) is 13.0. The lowest BCUT2D eigenvalue weighted by atomic mass is 9.83. The Labute approximate surface area is 243 Å². The number of benzene rings is 3. The molecule has 216 valence electrons. The zero-order chi connectivity index (χ0) is 29.3. The predicted molar refractivity (Wildman–Crippen MR) is 164 cm³/mol. The highest BCUT2D eigenvalue weighted by molar-refractivity contribution is 5.98. The molecule has 2 aliphatic rings. The van der Waals surface area contributed by atoms with Crippen LogP contribution in [0.25, 0.3) is 0 Å². The minimum Gasteiger partial charge on any atom is -0.371 e. The van der Waals surface area contributed by atoms with Gasteiger partial charge in [-0.05, 0) is 84.5 Å². The number of aryl methyl sites for hydroxylation is 1. The van der Waals surface area contributed by atoms with Crippen molar-refractivity contribution in [2.45, 2.75) is 65.3 Å². The van der Waals surface area contributed by atoms with Crippen LogP contribution < -0.4 is 10.2 Å². The molecule has 0 radical (unpaired) electrons. The Hall–Kier alpha value is -3.67. The number of nitrogens with one attached hydrogen (secondary N) is 1. The van der Waals surface area contributed by atoms with Crippen molar-refractivity contribution >= 4 is 23.2 Å².